The van der Waals surface area contributed by atoms with E-state index in [1.54, 1.807) is 12.1 Å². The van der Waals surface area contributed by atoms with Gasteiger partial charge in [-0.2, -0.15) is 0 Å². The molecule has 166 valence electrons. The quantitative estimate of drug-likeness (QED) is 0.444. The number of hydrogen-bond acceptors (Lipinski definition) is 4. The largest absolute Gasteiger partial charge is 0.492 e. The number of aromatic nitrogens is 2. The van der Waals surface area contributed by atoms with Crippen LogP contribution in [0, 0.1) is 0 Å². The lowest BCUT2D eigenvalue weighted by atomic mass is 9.96. The van der Waals surface area contributed by atoms with E-state index < -0.39 is 5.97 Å². The van der Waals surface area contributed by atoms with E-state index in [0.717, 1.165) is 17.8 Å². The molecular formula is C27H25N3O3. The highest BCUT2D eigenvalue weighted by atomic mass is 16.5. The number of carbonyl (C=O) groups is 1. The van der Waals surface area contributed by atoms with Crippen molar-refractivity contribution in [2.45, 2.75) is 19.0 Å². The molecule has 0 saturated heterocycles. The van der Waals surface area contributed by atoms with Crippen LogP contribution in [-0.2, 0) is 6.54 Å². The molecule has 1 aromatic heterocycles. The highest BCUT2D eigenvalue weighted by Crippen LogP contribution is 2.39. The van der Waals surface area contributed by atoms with Crippen LogP contribution < -0.4 is 9.64 Å². The Morgan fingerprint density at radius 3 is 2.58 bits per heavy atom. The molecule has 6 heteroatoms. The SMILES string of the molecule is CN(c1cncn1Cc1ccc(-c2ccccc2)cc1)C1CCOc2c(C(=O)O)cccc21. The molecule has 3 aromatic carbocycles. The van der Waals surface area contributed by atoms with Gasteiger partial charge in [0.15, 0.2) is 0 Å². The van der Waals surface area contributed by atoms with E-state index in [4.69, 9.17) is 4.74 Å². The first-order chi connectivity index (χ1) is 16.1. The molecule has 5 rings (SSSR count). The average Bonchev–Trinajstić information content (AvgIpc) is 3.32. The second-order valence-corrected chi connectivity index (χ2v) is 8.24. The Morgan fingerprint density at radius 2 is 1.82 bits per heavy atom. The van der Waals surface area contributed by atoms with Gasteiger partial charge < -0.3 is 19.3 Å². The molecule has 1 aliphatic heterocycles. The minimum atomic E-state index is -0.973. The number of carboxylic acids is 1. The van der Waals surface area contributed by atoms with Gasteiger partial charge in [0.25, 0.3) is 0 Å². The normalized spacial score (nSPS) is 14.9. The summed E-state index contributed by atoms with van der Waals surface area (Å²) in [5, 5.41) is 9.54. The van der Waals surface area contributed by atoms with E-state index in [1.807, 2.05) is 43.8 Å². The van der Waals surface area contributed by atoms with Gasteiger partial charge in [-0.3, -0.25) is 0 Å². The van der Waals surface area contributed by atoms with Crippen molar-refractivity contribution in [3.63, 3.8) is 0 Å². The van der Waals surface area contributed by atoms with Gasteiger partial charge in [0.05, 0.1) is 31.7 Å². The second-order valence-electron chi connectivity index (χ2n) is 8.24. The highest BCUT2D eigenvalue weighted by molar-refractivity contribution is 5.91. The van der Waals surface area contributed by atoms with E-state index in [0.29, 0.717) is 18.9 Å². The predicted molar refractivity (Wildman–Crippen MR) is 128 cm³/mol. The number of imidazole rings is 1. The third-order valence-corrected chi connectivity index (χ3v) is 6.21. The van der Waals surface area contributed by atoms with Crippen LogP contribution in [0.1, 0.15) is 33.9 Å². The summed E-state index contributed by atoms with van der Waals surface area (Å²) in [4.78, 5) is 18.2. The second kappa shape index (κ2) is 8.82. The van der Waals surface area contributed by atoms with Gasteiger partial charge in [-0.25, -0.2) is 9.78 Å². The zero-order valence-electron chi connectivity index (χ0n) is 18.4. The summed E-state index contributed by atoms with van der Waals surface area (Å²) in [7, 11) is 2.03. The number of anilines is 1. The van der Waals surface area contributed by atoms with E-state index in [1.165, 1.54) is 16.7 Å². The lowest BCUT2D eigenvalue weighted by Gasteiger charge is -2.35. The lowest BCUT2D eigenvalue weighted by Crippen LogP contribution is -2.31. The summed E-state index contributed by atoms with van der Waals surface area (Å²) < 4.78 is 7.88. The molecule has 0 radical (unpaired) electrons. The Hall–Kier alpha value is -4.06. The zero-order chi connectivity index (χ0) is 22.8. The first-order valence-electron chi connectivity index (χ1n) is 11.0. The molecule has 1 N–H and O–H groups in total. The Balaban J connectivity index is 1.39. The molecule has 1 unspecified atom stereocenters. The molecule has 0 fully saturated rings. The van der Waals surface area contributed by atoms with Gasteiger partial charge in [-0.1, -0.05) is 66.7 Å². The molecule has 4 aromatic rings. The van der Waals surface area contributed by atoms with Gasteiger partial charge in [-0.05, 0) is 22.8 Å². The molecule has 0 spiro atoms. The Kier molecular flexibility index (Phi) is 5.57. The number of ether oxygens (including phenoxy) is 1. The molecule has 1 aliphatic rings. The number of rotatable bonds is 6. The third kappa shape index (κ3) is 4.07. The Morgan fingerprint density at radius 1 is 1.06 bits per heavy atom. The number of carboxylic acid groups (broad SMARTS) is 1. The topological polar surface area (TPSA) is 67.6 Å². The van der Waals surface area contributed by atoms with Crippen molar-refractivity contribution in [3.05, 3.63) is 102 Å². The Labute approximate surface area is 192 Å². The maximum Gasteiger partial charge on any atom is 0.339 e. The summed E-state index contributed by atoms with van der Waals surface area (Å²) in [6.45, 7) is 1.17. The van der Waals surface area contributed by atoms with E-state index >= 15 is 0 Å². The van der Waals surface area contributed by atoms with Crippen LogP contribution >= 0.6 is 0 Å². The molecular weight excluding hydrogens is 414 g/mol. The summed E-state index contributed by atoms with van der Waals surface area (Å²) in [5.74, 6) is 0.468. The van der Waals surface area contributed by atoms with Crippen LogP contribution in [-0.4, -0.2) is 34.3 Å². The van der Waals surface area contributed by atoms with Crippen molar-refractivity contribution in [1.29, 1.82) is 0 Å². The first-order valence-corrected chi connectivity index (χ1v) is 11.0. The van der Waals surface area contributed by atoms with Gasteiger partial charge >= 0.3 is 5.97 Å². The highest BCUT2D eigenvalue weighted by Gasteiger charge is 2.29. The van der Waals surface area contributed by atoms with Crippen molar-refractivity contribution in [1.82, 2.24) is 9.55 Å². The van der Waals surface area contributed by atoms with E-state index in [2.05, 4.69) is 50.8 Å². The summed E-state index contributed by atoms with van der Waals surface area (Å²) >= 11 is 0. The van der Waals surface area contributed by atoms with Crippen LogP contribution in [0.4, 0.5) is 5.82 Å². The molecule has 0 aliphatic carbocycles. The number of para-hydroxylation sites is 1. The minimum absolute atomic E-state index is 0.00366. The fraction of sp³-hybridized carbons (Fsp3) is 0.185. The molecule has 2 heterocycles. The van der Waals surface area contributed by atoms with Gasteiger partial charge in [0.1, 0.15) is 17.1 Å². The predicted octanol–water partition coefficient (Wildman–Crippen LogP) is 5.26. The third-order valence-electron chi connectivity index (χ3n) is 6.21. The van der Waals surface area contributed by atoms with E-state index in [-0.39, 0.29) is 11.6 Å². The average molecular weight is 440 g/mol. The molecule has 0 amide bonds. The smallest absolute Gasteiger partial charge is 0.339 e. The molecule has 33 heavy (non-hydrogen) atoms. The number of benzene rings is 3. The number of nitrogens with zero attached hydrogens (tertiary/aromatic N) is 3. The fourth-order valence-electron chi connectivity index (χ4n) is 4.50. The molecule has 1 atom stereocenters. The van der Waals surface area contributed by atoms with Crippen LogP contribution in [0.15, 0.2) is 85.3 Å². The summed E-state index contributed by atoms with van der Waals surface area (Å²) in [6, 6.07) is 24.2. The van der Waals surface area contributed by atoms with Crippen molar-refractivity contribution in [2.24, 2.45) is 0 Å². The minimum Gasteiger partial charge on any atom is -0.492 e. The standard InChI is InChI=1S/C27H25N3O3/c1-29(24-14-15-33-26-22(24)8-5-9-23(26)27(31)32)25-16-28-18-30(25)17-19-10-12-21(13-11-19)20-6-3-2-4-7-20/h2-13,16,18,24H,14-15,17H2,1H3,(H,31,32). The molecule has 6 nitrogen and oxygen atoms in total. The Bertz CT molecular complexity index is 1270. The molecule has 0 saturated carbocycles. The van der Waals surface area contributed by atoms with Crippen LogP contribution in [0.2, 0.25) is 0 Å². The monoisotopic (exact) mass is 439 g/mol. The maximum atomic E-state index is 11.6. The zero-order valence-corrected chi connectivity index (χ0v) is 18.4. The van der Waals surface area contributed by atoms with Crippen LogP contribution in [0.25, 0.3) is 11.1 Å². The molecule has 0 bridgehead atoms. The van der Waals surface area contributed by atoms with Crippen molar-refractivity contribution >= 4 is 11.8 Å². The number of aromatic carboxylic acids is 1. The lowest BCUT2D eigenvalue weighted by molar-refractivity contribution is 0.0690. The van der Waals surface area contributed by atoms with Gasteiger partial charge in [0, 0.05) is 19.0 Å². The number of fused-ring (bicyclic) bond motifs is 1. The summed E-state index contributed by atoms with van der Waals surface area (Å²) in [6.07, 6.45) is 4.46. The fourth-order valence-corrected chi connectivity index (χ4v) is 4.50. The van der Waals surface area contributed by atoms with Gasteiger partial charge in [-0.15, -0.1) is 0 Å². The summed E-state index contributed by atoms with van der Waals surface area (Å²) in [5.41, 5.74) is 4.67. The van der Waals surface area contributed by atoms with Crippen molar-refractivity contribution in [2.75, 3.05) is 18.6 Å². The van der Waals surface area contributed by atoms with Crippen molar-refractivity contribution < 1.29 is 14.6 Å². The van der Waals surface area contributed by atoms with Crippen molar-refractivity contribution in [3.8, 4) is 16.9 Å². The maximum absolute atomic E-state index is 11.6. The van der Waals surface area contributed by atoms with Crippen LogP contribution in [0.5, 0.6) is 5.75 Å². The van der Waals surface area contributed by atoms with E-state index in [9.17, 15) is 9.90 Å². The number of hydrogen-bond donors (Lipinski definition) is 1. The first kappa shape index (κ1) is 20.8. The van der Waals surface area contributed by atoms with Gasteiger partial charge in [0.2, 0.25) is 0 Å². The van der Waals surface area contributed by atoms with Crippen LogP contribution in [0.3, 0.4) is 0 Å².